The van der Waals surface area contributed by atoms with Gasteiger partial charge in [-0.15, -0.1) is 0 Å². The van der Waals surface area contributed by atoms with Crippen LogP contribution in [-0.4, -0.2) is 12.6 Å². The number of ether oxygens (including phenoxy) is 1. The first-order valence-corrected chi connectivity index (χ1v) is 2.80. The predicted molar refractivity (Wildman–Crippen MR) is 34.0 cm³/mol. The molecule has 0 atom stereocenters. The molecule has 1 aliphatic rings. The van der Waals surface area contributed by atoms with Gasteiger partial charge in [0.1, 0.15) is 0 Å². The predicted octanol–water partition coefficient (Wildman–Crippen LogP) is 1.35. The van der Waals surface area contributed by atoms with E-state index >= 15 is 0 Å². The maximum atomic E-state index is 11.5. The third-order valence-corrected chi connectivity index (χ3v) is 1.28. The summed E-state index contributed by atoms with van der Waals surface area (Å²) in [5, 5.41) is 0. The van der Waals surface area contributed by atoms with E-state index in [4.69, 9.17) is 8.22 Å². The first-order chi connectivity index (χ1) is 6.63. The number of esters is 1. The molecule has 0 aromatic carbocycles. The normalized spacial score (nSPS) is 38.0. The molecule has 1 rings (SSSR count). The second-order valence-electron chi connectivity index (χ2n) is 2.14. The third kappa shape index (κ3) is 1.23. The van der Waals surface area contributed by atoms with E-state index in [1.807, 2.05) is 0 Å². The van der Waals surface area contributed by atoms with Crippen LogP contribution in [0.5, 0.6) is 0 Å². The van der Waals surface area contributed by atoms with Crippen molar-refractivity contribution in [2.45, 2.75) is 26.5 Å². The van der Waals surface area contributed by atoms with Crippen molar-refractivity contribution in [3.05, 3.63) is 0 Å². The van der Waals surface area contributed by atoms with Crippen molar-refractivity contribution in [3.8, 4) is 0 Å². The highest BCUT2D eigenvalue weighted by Crippen LogP contribution is 2.27. The largest absolute Gasteiger partial charge is 0.465 e. The van der Waals surface area contributed by atoms with Crippen molar-refractivity contribution in [3.63, 3.8) is 0 Å². The van der Waals surface area contributed by atoms with Gasteiger partial charge in [0.05, 0.1) is 12.0 Å². The average Bonchev–Trinajstić information content (AvgIpc) is 2.00. The molecule has 9 heavy (non-hydrogen) atoms. The van der Waals surface area contributed by atoms with Crippen LogP contribution in [0, 0.1) is 5.41 Å². The minimum absolute atomic E-state index is 0.0900. The Hall–Kier alpha value is -0.530. The molecule has 0 radical (unpaired) electrons. The van der Waals surface area contributed by atoms with E-state index in [0.717, 1.165) is 0 Å². The molecule has 0 unspecified atom stereocenters. The van der Waals surface area contributed by atoms with Gasteiger partial charge in [-0.05, 0) is 26.5 Å². The molecule has 1 heterocycles. The molecule has 1 aliphatic heterocycles. The van der Waals surface area contributed by atoms with Gasteiger partial charge < -0.3 is 4.74 Å². The monoisotopic (exact) mass is 134 g/mol. The van der Waals surface area contributed by atoms with E-state index < -0.39 is 25.1 Å². The lowest BCUT2D eigenvalue weighted by Crippen LogP contribution is -2.31. The van der Waals surface area contributed by atoms with Gasteiger partial charge >= 0.3 is 5.97 Å². The van der Waals surface area contributed by atoms with Crippen LogP contribution < -0.4 is 0 Å². The second-order valence-corrected chi connectivity index (χ2v) is 2.14. The Morgan fingerprint density at radius 1 is 1.78 bits per heavy atom. The van der Waals surface area contributed by atoms with E-state index in [1.165, 1.54) is 0 Å². The highest BCUT2D eigenvalue weighted by Gasteiger charge is 2.31. The van der Waals surface area contributed by atoms with E-state index in [2.05, 4.69) is 4.74 Å². The first kappa shape index (κ1) is 2.26. The molecule has 0 saturated carbocycles. The van der Waals surface area contributed by atoms with Crippen LogP contribution in [-0.2, 0) is 9.53 Å². The summed E-state index contributed by atoms with van der Waals surface area (Å²) in [5.41, 5.74) is -2.35. The van der Waals surface area contributed by atoms with Gasteiger partial charge in [0, 0.05) is 8.22 Å². The molecule has 2 heteroatoms. The summed E-state index contributed by atoms with van der Waals surface area (Å²) < 4.78 is 48.0. The fraction of sp³-hybridized carbons (Fsp3) is 0.857. The van der Waals surface area contributed by atoms with E-state index in [9.17, 15) is 4.79 Å². The average molecular weight is 134 g/mol. The van der Waals surface area contributed by atoms with Crippen LogP contribution in [0.1, 0.15) is 34.8 Å². The van der Waals surface area contributed by atoms with E-state index in [0.29, 0.717) is 0 Å². The molecule has 0 N–H and O–H groups in total. The molecule has 1 saturated heterocycles. The van der Waals surface area contributed by atoms with E-state index in [-0.39, 0.29) is 19.4 Å². The molecule has 0 bridgehead atoms. The van der Waals surface area contributed by atoms with Gasteiger partial charge in [-0.2, -0.15) is 0 Å². The Morgan fingerprint density at radius 3 is 3.00 bits per heavy atom. The molecule has 1 fully saturated rings. The SMILES string of the molecule is [2H]C([2H])([2H])C1(C([2H])([2H])[2H])CCCOC1=O. The Bertz CT molecular complexity index is 252. The molecule has 0 aromatic rings. The summed E-state index contributed by atoms with van der Waals surface area (Å²) in [6.07, 6.45) is 0.0847. The number of rotatable bonds is 0. The van der Waals surface area contributed by atoms with Crippen molar-refractivity contribution in [1.29, 1.82) is 0 Å². The highest BCUT2D eigenvalue weighted by molar-refractivity contribution is 5.76. The molecule has 0 aliphatic carbocycles. The third-order valence-electron chi connectivity index (χ3n) is 1.28. The van der Waals surface area contributed by atoms with Gasteiger partial charge in [0.2, 0.25) is 0 Å². The summed E-state index contributed by atoms with van der Waals surface area (Å²) in [6, 6.07) is 0. The Kier molecular flexibility index (Phi) is 0.504. The summed E-state index contributed by atoms with van der Waals surface area (Å²) in [4.78, 5) is 11.5. The molecule has 0 spiro atoms. The fourth-order valence-electron chi connectivity index (χ4n) is 0.727. The van der Waals surface area contributed by atoms with Crippen LogP contribution >= 0.6 is 0 Å². The Labute approximate surface area is 63.6 Å². The second kappa shape index (κ2) is 2.01. The molecule has 0 amide bonds. The van der Waals surface area contributed by atoms with E-state index in [1.54, 1.807) is 0 Å². The molecular formula is C7H12O2. The fourth-order valence-corrected chi connectivity index (χ4v) is 0.727. The quantitative estimate of drug-likeness (QED) is 0.467. The summed E-state index contributed by atoms with van der Waals surface area (Å²) >= 11 is 0. The minimum atomic E-state index is -2.87. The number of hydrogen-bond donors (Lipinski definition) is 0. The topological polar surface area (TPSA) is 26.3 Å². The number of carbonyl (C=O) groups is 1. The summed E-state index contributed by atoms with van der Waals surface area (Å²) in [7, 11) is 0. The van der Waals surface area contributed by atoms with Crippen molar-refractivity contribution in [1.82, 2.24) is 0 Å². The maximum Gasteiger partial charge on any atom is 0.311 e. The van der Waals surface area contributed by atoms with Gasteiger partial charge in [-0.25, -0.2) is 0 Å². The molecule has 0 aromatic heterocycles. The van der Waals surface area contributed by atoms with Crippen LogP contribution in [0.3, 0.4) is 0 Å². The molecule has 2 nitrogen and oxygen atoms in total. The van der Waals surface area contributed by atoms with Crippen molar-refractivity contribution >= 4 is 5.97 Å². The Morgan fingerprint density at radius 2 is 2.56 bits per heavy atom. The van der Waals surface area contributed by atoms with Crippen molar-refractivity contribution in [2.24, 2.45) is 5.41 Å². The summed E-state index contributed by atoms with van der Waals surface area (Å²) in [5.74, 6) is -1.13. The van der Waals surface area contributed by atoms with Crippen LogP contribution in [0.25, 0.3) is 0 Å². The van der Waals surface area contributed by atoms with Crippen molar-refractivity contribution in [2.75, 3.05) is 6.61 Å². The maximum absolute atomic E-state index is 11.5. The number of cyclic esters (lactones) is 1. The van der Waals surface area contributed by atoms with Crippen molar-refractivity contribution < 1.29 is 17.8 Å². The van der Waals surface area contributed by atoms with Gasteiger partial charge in [0.15, 0.2) is 0 Å². The number of hydrogen-bond acceptors (Lipinski definition) is 2. The molecule has 52 valence electrons. The lowest BCUT2D eigenvalue weighted by atomic mass is 9.87. The zero-order valence-corrected chi connectivity index (χ0v) is 4.94. The smallest absolute Gasteiger partial charge is 0.311 e. The zero-order chi connectivity index (χ0) is 11.9. The lowest BCUT2D eigenvalue weighted by Gasteiger charge is -2.26. The first-order valence-electron chi connectivity index (χ1n) is 5.80. The molecular weight excluding hydrogens is 116 g/mol. The van der Waals surface area contributed by atoms with Crippen LogP contribution in [0.4, 0.5) is 0 Å². The lowest BCUT2D eigenvalue weighted by molar-refractivity contribution is -0.159. The van der Waals surface area contributed by atoms with Gasteiger partial charge in [-0.1, -0.05) is 0 Å². The number of carbonyl (C=O) groups excluding carboxylic acids is 1. The Balaban J connectivity index is 3.23. The highest BCUT2D eigenvalue weighted by atomic mass is 16.5. The standard InChI is InChI=1S/C7H12O2/c1-7(2)4-3-5-9-6(7)8/h3-5H2,1-2H3/i1D3,2D3. The minimum Gasteiger partial charge on any atom is -0.465 e. The van der Waals surface area contributed by atoms with Gasteiger partial charge in [-0.3, -0.25) is 4.79 Å². The van der Waals surface area contributed by atoms with Gasteiger partial charge in [0.25, 0.3) is 0 Å². The van der Waals surface area contributed by atoms with Crippen LogP contribution in [0.2, 0.25) is 0 Å². The summed E-state index contributed by atoms with van der Waals surface area (Å²) in [6.45, 7) is -5.64. The van der Waals surface area contributed by atoms with Crippen LogP contribution in [0.15, 0.2) is 0 Å². The zero-order valence-electron chi connectivity index (χ0n) is 10.9.